The van der Waals surface area contributed by atoms with Gasteiger partial charge >= 0.3 is 0 Å². The fourth-order valence-electron chi connectivity index (χ4n) is 3.24. The lowest BCUT2D eigenvalue weighted by Crippen LogP contribution is -2.04. The van der Waals surface area contributed by atoms with Gasteiger partial charge in [-0.2, -0.15) is 0 Å². The number of nitrogen functional groups attached to an aromatic ring is 1. The Bertz CT molecular complexity index is 1110. The van der Waals surface area contributed by atoms with Crippen molar-refractivity contribution in [2.45, 2.75) is 20.4 Å². The van der Waals surface area contributed by atoms with E-state index in [0.29, 0.717) is 17.8 Å². The van der Waals surface area contributed by atoms with Crippen LogP contribution in [0.1, 0.15) is 16.7 Å². The summed E-state index contributed by atoms with van der Waals surface area (Å²) in [7, 11) is 0. The third-order valence-electron chi connectivity index (χ3n) is 4.79. The predicted molar refractivity (Wildman–Crippen MR) is 105 cm³/mol. The number of fused-ring (bicyclic) bond motifs is 1. The largest absolute Gasteiger partial charge is 0.399 e. The van der Waals surface area contributed by atoms with E-state index in [2.05, 4.69) is 30.5 Å². The van der Waals surface area contributed by atoms with E-state index in [1.807, 2.05) is 36.4 Å². The molecule has 0 amide bonds. The minimum absolute atomic E-state index is 0.211. The van der Waals surface area contributed by atoms with Crippen molar-refractivity contribution in [1.29, 1.82) is 0 Å². The van der Waals surface area contributed by atoms with Gasteiger partial charge in [0.15, 0.2) is 0 Å². The summed E-state index contributed by atoms with van der Waals surface area (Å²) in [5.74, 6) is 0.581. The summed E-state index contributed by atoms with van der Waals surface area (Å²) in [6.45, 7) is 4.57. The Kier molecular flexibility index (Phi) is 3.96. The summed E-state index contributed by atoms with van der Waals surface area (Å²) in [6, 6.07) is 18.7. The van der Waals surface area contributed by atoms with E-state index < -0.39 is 0 Å². The second kappa shape index (κ2) is 6.30. The van der Waals surface area contributed by atoms with Crippen LogP contribution in [-0.4, -0.2) is 9.55 Å². The summed E-state index contributed by atoms with van der Waals surface area (Å²) in [5, 5.41) is 0. The number of hydrogen-bond acceptors (Lipinski definition) is 2. The molecule has 4 rings (SSSR count). The highest BCUT2D eigenvalue weighted by Gasteiger charge is 2.15. The highest BCUT2D eigenvalue weighted by atomic mass is 19.1. The summed E-state index contributed by atoms with van der Waals surface area (Å²) in [5.41, 5.74) is 12.5. The van der Waals surface area contributed by atoms with Crippen LogP contribution in [0.15, 0.2) is 60.7 Å². The van der Waals surface area contributed by atoms with Crippen molar-refractivity contribution in [1.82, 2.24) is 9.55 Å². The Morgan fingerprint density at radius 2 is 1.73 bits per heavy atom. The van der Waals surface area contributed by atoms with E-state index in [4.69, 9.17) is 10.7 Å². The Balaban J connectivity index is 1.97. The zero-order valence-corrected chi connectivity index (χ0v) is 14.8. The van der Waals surface area contributed by atoms with Crippen molar-refractivity contribution in [2.75, 3.05) is 5.73 Å². The molecule has 2 N–H and O–H groups in total. The summed E-state index contributed by atoms with van der Waals surface area (Å²) in [4.78, 5) is 4.84. The average Bonchev–Trinajstić information content (AvgIpc) is 2.95. The Morgan fingerprint density at radius 3 is 2.50 bits per heavy atom. The Morgan fingerprint density at radius 1 is 0.962 bits per heavy atom. The third-order valence-corrected chi connectivity index (χ3v) is 4.79. The SMILES string of the molecule is Cc1cc2nc(-c3cccc(N)c3)n(Cc3ccccc3F)c2cc1C. The number of benzene rings is 3. The molecule has 0 saturated carbocycles. The molecule has 1 aromatic heterocycles. The van der Waals surface area contributed by atoms with Gasteiger partial charge in [0.1, 0.15) is 11.6 Å². The third kappa shape index (κ3) is 2.84. The first-order chi connectivity index (χ1) is 12.5. The average molecular weight is 345 g/mol. The highest BCUT2D eigenvalue weighted by molar-refractivity contribution is 5.82. The molecular formula is C22H20FN3. The van der Waals surface area contributed by atoms with Crippen LogP contribution >= 0.6 is 0 Å². The predicted octanol–water partition coefficient (Wildman–Crippen LogP) is 5.09. The molecule has 0 fully saturated rings. The molecule has 4 aromatic rings. The molecule has 4 heteroatoms. The molecule has 0 radical (unpaired) electrons. The fourth-order valence-corrected chi connectivity index (χ4v) is 3.24. The molecule has 0 aliphatic carbocycles. The van der Waals surface area contributed by atoms with Gasteiger partial charge in [0.05, 0.1) is 17.6 Å². The zero-order chi connectivity index (χ0) is 18.3. The van der Waals surface area contributed by atoms with Crippen molar-refractivity contribution >= 4 is 16.7 Å². The zero-order valence-electron chi connectivity index (χ0n) is 14.8. The van der Waals surface area contributed by atoms with Crippen LogP contribution in [-0.2, 0) is 6.54 Å². The number of nitrogens with zero attached hydrogens (tertiary/aromatic N) is 2. The second-order valence-electron chi connectivity index (χ2n) is 6.66. The van der Waals surface area contributed by atoms with E-state index in [1.165, 1.54) is 17.2 Å². The number of rotatable bonds is 3. The number of aromatic nitrogens is 2. The fraction of sp³-hybridized carbons (Fsp3) is 0.136. The van der Waals surface area contributed by atoms with E-state index in [1.54, 1.807) is 6.07 Å². The van der Waals surface area contributed by atoms with E-state index >= 15 is 0 Å². The quantitative estimate of drug-likeness (QED) is 0.526. The van der Waals surface area contributed by atoms with E-state index in [-0.39, 0.29) is 5.82 Å². The number of aryl methyl sites for hydroxylation is 2. The van der Waals surface area contributed by atoms with Crippen LogP contribution in [0.4, 0.5) is 10.1 Å². The molecular weight excluding hydrogens is 325 g/mol. The monoisotopic (exact) mass is 345 g/mol. The molecule has 0 unspecified atom stereocenters. The van der Waals surface area contributed by atoms with Crippen molar-refractivity contribution in [3.63, 3.8) is 0 Å². The van der Waals surface area contributed by atoms with Gasteiger partial charge in [-0.3, -0.25) is 0 Å². The molecule has 26 heavy (non-hydrogen) atoms. The van der Waals surface area contributed by atoms with Gasteiger partial charge in [0, 0.05) is 16.8 Å². The van der Waals surface area contributed by atoms with Crippen LogP contribution in [0.3, 0.4) is 0 Å². The lowest BCUT2D eigenvalue weighted by molar-refractivity contribution is 0.602. The maximum absolute atomic E-state index is 14.3. The van der Waals surface area contributed by atoms with E-state index in [0.717, 1.165) is 22.4 Å². The van der Waals surface area contributed by atoms with Gasteiger partial charge in [-0.25, -0.2) is 9.37 Å². The Hall–Kier alpha value is -3.14. The lowest BCUT2D eigenvalue weighted by atomic mass is 10.1. The topological polar surface area (TPSA) is 43.8 Å². The van der Waals surface area contributed by atoms with Crippen LogP contribution in [0.5, 0.6) is 0 Å². The number of hydrogen-bond donors (Lipinski definition) is 1. The maximum atomic E-state index is 14.3. The first-order valence-electron chi connectivity index (χ1n) is 8.60. The van der Waals surface area contributed by atoms with Crippen molar-refractivity contribution in [2.24, 2.45) is 0 Å². The van der Waals surface area contributed by atoms with Gasteiger partial charge in [0.25, 0.3) is 0 Å². The summed E-state index contributed by atoms with van der Waals surface area (Å²) >= 11 is 0. The molecule has 0 spiro atoms. The first kappa shape index (κ1) is 16.3. The van der Waals surface area contributed by atoms with Gasteiger partial charge in [0.2, 0.25) is 0 Å². The van der Waals surface area contributed by atoms with Crippen molar-refractivity contribution in [3.8, 4) is 11.4 Å². The van der Waals surface area contributed by atoms with Gasteiger partial charge < -0.3 is 10.3 Å². The second-order valence-corrected chi connectivity index (χ2v) is 6.66. The first-order valence-corrected chi connectivity index (χ1v) is 8.60. The standard InChI is InChI=1S/C22H20FN3/c1-14-10-20-21(11-15(14)2)26(13-17-6-3-4-9-19(17)23)22(25-20)16-7-5-8-18(24)12-16/h3-12H,13,24H2,1-2H3. The molecule has 130 valence electrons. The Labute approximate surface area is 151 Å². The molecule has 0 atom stereocenters. The summed E-state index contributed by atoms with van der Waals surface area (Å²) < 4.78 is 16.3. The highest BCUT2D eigenvalue weighted by Crippen LogP contribution is 2.29. The van der Waals surface area contributed by atoms with Crippen LogP contribution in [0.25, 0.3) is 22.4 Å². The van der Waals surface area contributed by atoms with E-state index in [9.17, 15) is 4.39 Å². The smallest absolute Gasteiger partial charge is 0.141 e. The molecule has 0 bridgehead atoms. The normalized spacial score (nSPS) is 11.2. The summed E-state index contributed by atoms with van der Waals surface area (Å²) in [6.07, 6.45) is 0. The lowest BCUT2D eigenvalue weighted by Gasteiger charge is -2.11. The number of anilines is 1. The van der Waals surface area contributed by atoms with Gasteiger partial charge in [-0.05, 0) is 55.3 Å². The molecule has 0 saturated heterocycles. The maximum Gasteiger partial charge on any atom is 0.141 e. The van der Waals surface area contributed by atoms with Crippen molar-refractivity contribution in [3.05, 3.63) is 83.2 Å². The molecule has 1 heterocycles. The van der Waals surface area contributed by atoms with Crippen LogP contribution in [0, 0.1) is 19.7 Å². The number of imidazole rings is 1. The molecule has 3 nitrogen and oxygen atoms in total. The molecule has 3 aromatic carbocycles. The van der Waals surface area contributed by atoms with Crippen LogP contribution in [0.2, 0.25) is 0 Å². The van der Waals surface area contributed by atoms with Crippen molar-refractivity contribution < 1.29 is 4.39 Å². The molecule has 0 aliphatic rings. The number of nitrogens with two attached hydrogens (primary N) is 1. The minimum Gasteiger partial charge on any atom is -0.399 e. The molecule has 0 aliphatic heterocycles. The van der Waals surface area contributed by atoms with Gasteiger partial charge in [-0.1, -0.05) is 30.3 Å². The number of halogens is 1. The van der Waals surface area contributed by atoms with Gasteiger partial charge in [-0.15, -0.1) is 0 Å². The minimum atomic E-state index is -0.211. The van der Waals surface area contributed by atoms with Crippen LogP contribution < -0.4 is 5.73 Å².